The Kier molecular flexibility index (Phi) is 3.23. The molecule has 0 aliphatic carbocycles. The van der Waals surface area contributed by atoms with E-state index in [1.165, 1.54) is 30.3 Å². The minimum Gasteiger partial charge on any atom is -0.476 e. The van der Waals surface area contributed by atoms with Crippen molar-refractivity contribution in [3.63, 3.8) is 0 Å². The van der Waals surface area contributed by atoms with Crippen LogP contribution in [-0.4, -0.2) is 11.1 Å². The first kappa shape index (κ1) is 12.0. The van der Waals surface area contributed by atoms with E-state index < -0.39 is 11.8 Å². The maximum absolute atomic E-state index is 12.8. The second-order valence-corrected chi connectivity index (χ2v) is 3.51. The predicted octanol–water partition coefficient (Wildman–Crippen LogP) is 3.48. The van der Waals surface area contributed by atoms with E-state index in [4.69, 9.17) is 9.52 Å². The number of furan rings is 1. The lowest BCUT2D eigenvalue weighted by Gasteiger charge is -1.95. The third-order valence-corrected chi connectivity index (χ3v) is 2.23. The van der Waals surface area contributed by atoms with Crippen LogP contribution >= 0.6 is 0 Å². The van der Waals surface area contributed by atoms with Crippen LogP contribution in [0.25, 0.3) is 17.4 Å². The summed E-state index contributed by atoms with van der Waals surface area (Å²) >= 11 is 0. The Morgan fingerprint density at radius 3 is 2.44 bits per heavy atom. The van der Waals surface area contributed by atoms with Crippen molar-refractivity contribution in [2.45, 2.75) is 0 Å². The number of carboxylic acids is 1. The largest absolute Gasteiger partial charge is 0.476 e. The van der Waals surface area contributed by atoms with Crippen LogP contribution < -0.4 is 0 Å². The van der Waals surface area contributed by atoms with Gasteiger partial charge in [0.05, 0.1) is 0 Å². The Morgan fingerprint density at radius 1 is 1.17 bits per heavy atom. The summed E-state index contributed by atoms with van der Waals surface area (Å²) in [6.07, 6.45) is 0.773. The summed E-state index contributed by atoms with van der Waals surface area (Å²) in [5.41, 5.74) is 0.617. The van der Waals surface area contributed by atoms with Crippen molar-refractivity contribution in [3.8, 4) is 11.3 Å². The zero-order valence-corrected chi connectivity index (χ0v) is 9.06. The Balaban J connectivity index is 2.28. The molecule has 1 aromatic heterocycles. The van der Waals surface area contributed by atoms with Crippen molar-refractivity contribution in [2.75, 3.05) is 0 Å². The van der Waals surface area contributed by atoms with E-state index in [1.54, 1.807) is 6.07 Å². The van der Waals surface area contributed by atoms with Crippen molar-refractivity contribution < 1.29 is 23.1 Å². The SMILES string of the molecule is O=C(O)C(F)=Cc1ccc(-c2ccc(F)cc2)o1. The molecule has 0 saturated carbocycles. The molecule has 0 atom stereocenters. The van der Waals surface area contributed by atoms with Gasteiger partial charge in [0.1, 0.15) is 17.3 Å². The minimum atomic E-state index is -1.66. The van der Waals surface area contributed by atoms with E-state index in [0.29, 0.717) is 11.3 Å². The van der Waals surface area contributed by atoms with Gasteiger partial charge in [-0.05, 0) is 36.4 Å². The van der Waals surface area contributed by atoms with Crippen molar-refractivity contribution in [3.05, 3.63) is 53.8 Å². The Labute approximate surface area is 101 Å². The van der Waals surface area contributed by atoms with Gasteiger partial charge >= 0.3 is 5.97 Å². The summed E-state index contributed by atoms with van der Waals surface area (Å²) in [5, 5.41) is 8.37. The summed E-state index contributed by atoms with van der Waals surface area (Å²) in [4.78, 5) is 10.3. The first-order chi connectivity index (χ1) is 8.56. The molecular formula is C13H8F2O3. The van der Waals surface area contributed by atoms with Crippen LogP contribution in [-0.2, 0) is 4.79 Å². The molecule has 2 aromatic rings. The zero-order chi connectivity index (χ0) is 13.1. The fourth-order valence-electron chi connectivity index (χ4n) is 1.39. The highest BCUT2D eigenvalue weighted by Crippen LogP contribution is 2.23. The van der Waals surface area contributed by atoms with Gasteiger partial charge in [0.25, 0.3) is 0 Å². The van der Waals surface area contributed by atoms with Gasteiger partial charge in [0, 0.05) is 11.6 Å². The van der Waals surface area contributed by atoms with Crippen LogP contribution in [0.1, 0.15) is 5.76 Å². The van der Waals surface area contributed by atoms with Crippen molar-refractivity contribution in [1.29, 1.82) is 0 Å². The lowest BCUT2D eigenvalue weighted by Crippen LogP contribution is -1.93. The number of hydrogen-bond acceptors (Lipinski definition) is 2. The molecule has 0 amide bonds. The van der Waals surface area contributed by atoms with Gasteiger partial charge in [-0.25, -0.2) is 9.18 Å². The van der Waals surface area contributed by atoms with Crippen molar-refractivity contribution in [1.82, 2.24) is 0 Å². The lowest BCUT2D eigenvalue weighted by atomic mass is 10.2. The minimum absolute atomic E-state index is 0.0780. The second-order valence-electron chi connectivity index (χ2n) is 3.51. The Morgan fingerprint density at radius 2 is 1.83 bits per heavy atom. The standard InChI is InChI=1S/C13H8F2O3/c14-9-3-1-8(2-4-9)12-6-5-10(18-12)7-11(15)13(16)17/h1-7H,(H,16,17). The Hall–Kier alpha value is -2.43. The molecule has 18 heavy (non-hydrogen) atoms. The molecule has 0 unspecified atom stereocenters. The number of rotatable bonds is 3. The van der Waals surface area contributed by atoms with Gasteiger partial charge < -0.3 is 9.52 Å². The molecule has 1 N–H and O–H groups in total. The molecule has 2 rings (SSSR count). The van der Waals surface area contributed by atoms with E-state index in [0.717, 1.165) is 6.08 Å². The normalized spacial score (nSPS) is 11.6. The van der Waals surface area contributed by atoms with Gasteiger partial charge in [-0.2, -0.15) is 4.39 Å². The lowest BCUT2D eigenvalue weighted by molar-refractivity contribution is -0.134. The first-order valence-corrected chi connectivity index (χ1v) is 5.02. The molecule has 1 aromatic carbocycles. The fourth-order valence-corrected chi connectivity index (χ4v) is 1.39. The molecule has 0 aliphatic rings. The predicted molar refractivity (Wildman–Crippen MR) is 60.8 cm³/mol. The molecule has 92 valence electrons. The van der Waals surface area contributed by atoms with Crippen LogP contribution in [0.3, 0.4) is 0 Å². The number of benzene rings is 1. The van der Waals surface area contributed by atoms with E-state index in [2.05, 4.69) is 0 Å². The summed E-state index contributed by atoms with van der Waals surface area (Å²) in [6, 6.07) is 8.54. The number of carboxylic acid groups (broad SMARTS) is 1. The van der Waals surface area contributed by atoms with Gasteiger partial charge in [-0.15, -0.1) is 0 Å². The van der Waals surface area contributed by atoms with Crippen LogP contribution in [0.4, 0.5) is 8.78 Å². The third kappa shape index (κ3) is 2.63. The second kappa shape index (κ2) is 4.83. The van der Waals surface area contributed by atoms with Crippen molar-refractivity contribution >= 4 is 12.0 Å². The highest BCUT2D eigenvalue weighted by Gasteiger charge is 2.08. The van der Waals surface area contributed by atoms with Crippen molar-refractivity contribution in [2.24, 2.45) is 0 Å². The van der Waals surface area contributed by atoms with E-state index in [9.17, 15) is 13.6 Å². The van der Waals surface area contributed by atoms with Gasteiger partial charge in [0.15, 0.2) is 0 Å². The van der Waals surface area contributed by atoms with Crippen LogP contribution in [0.15, 0.2) is 46.6 Å². The van der Waals surface area contributed by atoms with Crippen LogP contribution in [0, 0.1) is 5.82 Å². The topological polar surface area (TPSA) is 50.4 Å². The molecule has 0 spiro atoms. The maximum Gasteiger partial charge on any atom is 0.364 e. The smallest absolute Gasteiger partial charge is 0.364 e. The average Bonchev–Trinajstić information content (AvgIpc) is 2.78. The summed E-state index contributed by atoms with van der Waals surface area (Å²) in [7, 11) is 0. The van der Waals surface area contributed by atoms with E-state index in [1.807, 2.05) is 0 Å². The molecule has 0 fully saturated rings. The molecule has 0 bridgehead atoms. The molecule has 5 heteroatoms. The van der Waals surface area contributed by atoms with E-state index >= 15 is 0 Å². The molecule has 0 radical (unpaired) electrons. The quantitative estimate of drug-likeness (QED) is 0.848. The third-order valence-electron chi connectivity index (χ3n) is 2.23. The maximum atomic E-state index is 12.8. The number of hydrogen-bond donors (Lipinski definition) is 1. The summed E-state index contributed by atoms with van der Waals surface area (Å²) < 4.78 is 30.8. The number of aliphatic carboxylic acids is 1. The number of halogens is 2. The van der Waals surface area contributed by atoms with Crippen LogP contribution in [0.5, 0.6) is 0 Å². The van der Waals surface area contributed by atoms with E-state index in [-0.39, 0.29) is 11.6 Å². The Bertz CT molecular complexity index is 597. The molecule has 0 saturated heterocycles. The molecule has 0 aliphatic heterocycles. The molecule has 3 nitrogen and oxygen atoms in total. The number of carbonyl (C=O) groups is 1. The monoisotopic (exact) mass is 250 g/mol. The fraction of sp³-hybridized carbons (Fsp3) is 0. The van der Waals surface area contributed by atoms with Crippen LogP contribution in [0.2, 0.25) is 0 Å². The zero-order valence-electron chi connectivity index (χ0n) is 9.06. The van der Waals surface area contributed by atoms with Gasteiger partial charge in [-0.3, -0.25) is 0 Å². The highest BCUT2D eigenvalue weighted by atomic mass is 19.1. The highest BCUT2D eigenvalue weighted by molar-refractivity contribution is 5.89. The molecule has 1 heterocycles. The first-order valence-electron chi connectivity index (χ1n) is 5.02. The summed E-state index contributed by atoms with van der Waals surface area (Å²) in [6.45, 7) is 0. The van der Waals surface area contributed by atoms with Gasteiger partial charge in [-0.1, -0.05) is 0 Å². The summed E-state index contributed by atoms with van der Waals surface area (Å²) in [5.74, 6) is -2.86. The van der Waals surface area contributed by atoms with Gasteiger partial charge in [0.2, 0.25) is 5.83 Å². The molecular weight excluding hydrogens is 242 g/mol. The average molecular weight is 250 g/mol.